The van der Waals surface area contributed by atoms with Crippen LogP contribution in [0.4, 0.5) is 0 Å². The van der Waals surface area contributed by atoms with E-state index in [-0.39, 0.29) is 23.8 Å². The van der Waals surface area contributed by atoms with E-state index in [0.717, 1.165) is 11.3 Å². The molecule has 0 saturated heterocycles. The lowest BCUT2D eigenvalue weighted by Crippen LogP contribution is -2.49. The van der Waals surface area contributed by atoms with E-state index < -0.39 is 5.97 Å². The Hall–Kier alpha value is -2.04. The quantitative estimate of drug-likeness (QED) is 0.869. The summed E-state index contributed by atoms with van der Waals surface area (Å²) in [4.78, 5) is 22.9. The first-order valence-corrected chi connectivity index (χ1v) is 6.87. The molecule has 1 saturated carbocycles. The first kappa shape index (κ1) is 13.0. The van der Waals surface area contributed by atoms with Crippen molar-refractivity contribution in [1.29, 1.82) is 0 Å². The van der Waals surface area contributed by atoms with Crippen molar-refractivity contribution in [2.45, 2.75) is 25.3 Å². The highest BCUT2D eigenvalue weighted by Gasteiger charge is 2.37. The topological polar surface area (TPSA) is 75.6 Å². The van der Waals surface area contributed by atoms with Crippen LogP contribution in [0.2, 0.25) is 0 Å². The van der Waals surface area contributed by atoms with Crippen LogP contribution < -0.4 is 10.1 Å². The van der Waals surface area contributed by atoms with Gasteiger partial charge in [-0.05, 0) is 30.9 Å². The molecule has 1 heterocycles. The molecule has 1 amide bonds. The minimum Gasteiger partial charge on any atom is -0.492 e. The minimum atomic E-state index is -0.773. The molecule has 20 heavy (non-hydrogen) atoms. The van der Waals surface area contributed by atoms with Gasteiger partial charge in [0.1, 0.15) is 12.4 Å². The average Bonchev–Trinajstić information content (AvgIpc) is 2.41. The summed E-state index contributed by atoms with van der Waals surface area (Å²) < 4.78 is 5.59. The summed E-state index contributed by atoms with van der Waals surface area (Å²) in [5.74, 6) is -0.442. The molecule has 1 aromatic rings. The molecule has 0 radical (unpaired) electrons. The number of fused-ring (bicyclic) bond motifs is 1. The Morgan fingerprint density at radius 1 is 1.20 bits per heavy atom. The summed E-state index contributed by atoms with van der Waals surface area (Å²) in [6.45, 7) is 0.387. The van der Waals surface area contributed by atoms with Gasteiger partial charge in [-0.25, -0.2) is 0 Å². The van der Waals surface area contributed by atoms with Gasteiger partial charge in [-0.3, -0.25) is 9.59 Å². The van der Waals surface area contributed by atoms with Gasteiger partial charge < -0.3 is 15.2 Å². The Morgan fingerprint density at radius 3 is 2.70 bits per heavy atom. The monoisotopic (exact) mass is 275 g/mol. The zero-order valence-electron chi connectivity index (χ0n) is 11.0. The zero-order chi connectivity index (χ0) is 14.1. The molecule has 3 rings (SSSR count). The van der Waals surface area contributed by atoms with Crippen molar-refractivity contribution in [2.75, 3.05) is 6.61 Å². The molecule has 1 unspecified atom stereocenters. The minimum absolute atomic E-state index is 0.000713. The highest BCUT2D eigenvalue weighted by Crippen LogP contribution is 2.30. The Bertz CT molecular complexity index is 536. The largest absolute Gasteiger partial charge is 0.492 e. The molecule has 0 spiro atoms. The summed E-state index contributed by atoms with van der Waals surface area (Å²) in [5.41, 5.74) is 1.05. The molecule has 1 aromatic carbocycles. The third-order valence-electron chi connectivity index (χ3n) is 4.08. The van der Waals surface area contributed by atoms with E-state index in [1.54, 1.807) is 0 Å². The molecule has 106 valence electrons. The number of aliphatic carboxylic acids is 1. The van der Waals surface area contributed by atoms with Crippen LogP contribution in [0, 0.1) is 11.8 Å². The number of ether oxygens (including phenoxy) is 1. The highest BCUT2D eigenvalue weighted by atomic mass is 16.5. The van der Waals surface area contributed by atoms with Crippen LogP contribution in [-0.2, 0) is 16.0 Å². The maximum Gasteiger partial charge on any atom is 0.306 e. The van der Waals surface area contributed by atoms with Gasteiger partial charge in [-0.2, -0.15) is 0 Å². The molecule has 5 heteroatoms. The van der Waals surface area contributed by atoms with E-state index >= 15 is 0 Å². The van der Waals surface area contributed by atoms with Crippen LogP contribution in [0.5, 0.6) is 5.75 Å². The van der Waals surface area contributed by atoms with Gasteiger partial charge in [-0.15, -0.1) is 0 Å². The van der Waals surface area contributed by atoms with E-state index in [2.05, 4.69) is 5.32 Å². The third kappa shape index (κ3) is 2.48. The first-order chi connectivity index (χ1) is 9.63. The zero-order valence-corrected chi connectivity index (χ0v) is 11.0. The van der Waals surface area contributed by atoms with E-state index in [1.165, 1.54) is 0 Å². The number of benzene rings is 1. The van der Waals surface area contributed by atoms with Crippen molar-refractivity contribution in [2.24, 2.45) is 11.8 Å². The third-order valence-corrected chi connectivity index (χ3v) is 4.08. The van der Waals surface area contributed by atoms with E-state index in [4.69, 9.17) is 9.84 Å². The summed E-state index contributed by atoms with van der Waals surface area (Å²) in [6.07, 6.45) is 1.74. The van der Waals surface area contributed by atoms with Crippen molar-refractivity contribution in [1.82, 2.24) is 5.32 Å². The molecule has 1 aliphatic heterocycles. The van der Waals surface area contributed by atoms with Crippen LogP contribution in [0.15, 0.2) is 24.3 Å². The summed E-state index contributed by atoms with van der Waals surface area (Å²) in [7, 11) is 0. The second-order valence-electron chi connectivity index (χ2n) is 5.53. The van der Waals surface area contributed by atoms with Gasteiger partial charge in [0.05, 0.1) is 11.8 Å². The number of nitrogens with one attached hydrogen (secondary N) is 1. The molecule has 0 aromatic heterocycles. The van der Waals surface area contributed by atoms with Gasteiger partial charge in [0.25, 0.3) is 0 Å². The lowest BCUT2D eigenvalue weighted by Gasteiger charge is -2.34. The lowest BCUT2D eigenvalue weighted by molar-refractivity contribution is -0.146. The molecule has 2 aliphatic rings. The number of hydrogen-bond acceptors (Lipinski definition) is 3. The maximum absolute atomic E-state index is 12.1. The molecule has 2 N–H and O–H groups in total. The number of carboxylic acid groups (broad SMARTS) is 1. The molecule has 0 bridgehead atoms. The van der Waals surface area contributed by atoms with Crippen molar-refractivity contribution < 1.29 is 19.4 Å². The predicted octanol–water partition coefficient (Wildman–Crippen LogP) is 1.22. The first-order valence-electron chi connectivity index (χ1n) is 6.87. The van der Waals surface area contributed by atoms with Crippen LogP contribution in [0.1, 0.15) is 18.4 Å². The number of amides is 1. The number of carbonyl (C=O) groups excluding carboxylic acids is 1. The smallest absolute Gasteiger partial charge is 0.306 e. The second-order valence-corrected chi connectivity index (χ2v) is 5.53. The van der Waals surface area contributed by atoms with Crippen LogP contribution in [0.25, 0.3) is 0 Å². The molecule has 5 nitrogen and oxygen atoms in total. The van der Waals surface area contributed by atoms with Gasteiger partial charge in [0.2, 0.25) is 5.91 Å². The predicted molar refractivity (Wildman–Crippen MR) is 71.4 cm³/mol. The van der Waals surface area contributed by atoms with Crippen LogP contribution >= 0.6 is 0 Å². The summed E-state index contributed by atoms with van der Waals surface area (Å²) in [5, 5.41) is 11.7. The standard InChI is InChI=1S/C15H17NO4/c17-14(16-12-6-10(7-12)15(18)19)11-5-9-3-1-2-4-13(9)20-8-11/h1-4,10-12H,5-8H2,(H,16,17)(H,18,19). The molecular weight excluding hydrogens is 258 g/mol. The van der Waals surface area contributed by atoms with Gasteiger partial charge in [0, 0.05) is 6.04 Å². The Labute approximate surface area is 116 Å². The Balaban J connectivity index is 1.54. The fourth-order valence-corrected chi connectivity index (χ4v) is 2.75. The molecule has 1 aliphatic carbocycles. The summed E-state index contributed by atoms with van der Waals surface area (Å²) in [6, 6.07) is 7.73. The van der Waals surface area contributed by atoms with Crippen LogP contribution in [-0.4, -0.2) is 29.6 Å². The van der Waals surface area contributed by atoms with Gasteiger partial charge in [-0.1, -0.05) is 18.2 Å². The van der Waals surface area contributed by atoms with Crippen molar-refractivity contribution in [3.63, 3.8) is 0 Å². The van der Waals surface area contributed by atoms with Gasteiger partial charge >= 0.3 is 5.97 Å². The number of carbonyl (C=O) groups is 2. The summed E-state index contributed by atoms with van der Waals surface area (Å²) >= 11 is 0. The molecule has 1 fully saturated rings. The Morgan fingerprint density at radius 2 is 1.95 bits per heavy atom. The van der Waals surface area contributed by atoms with E-state index in [0.29, 0.717) is 25.9 Å². The van der Waals surface area contributed by atoms with Crippen LogP contribution in [0.3, 0.4) is 0 Å². The van der Waals surface area contributed by atoms with Crippen molar-refractivity contribution >= 4 is 11.9 Å². The Kier molecular flexibility index (Phi) is 3.34. The molecule has 1 atom stereocenters. The number of carboxylic acids is 1. The normalized spacial score (nSPS) is 27.7. The average molecular weight is 275 g/mol. The fourth-order valence-electron chi connectivity index (χ4n) is 2.75. The highest BCUT2D eigenvalue weighted by molar-refractivity contribution is 5.80. The van der Waals surface area contributed by atoms with Gasteiger partial charge in [0.15, 0.2) is 0 Å². The fraction of sp³-hybridized carbons (Fsp3) is 0.467. The number of para-hydroxylation sites is 1. The second kappa shape index (κ2) is 5.15. The SMILES string of the molecule is O=C(O)C1CC(NC(=O)C2COc3ccccc3C2)C1. The molecular formula is C15H17NO4. The number of hydrogen-bond donors (Lipinski definition) is 2. The van der Waals surface area contributed by atoms with E-state index in [9.17, 15) is 9.59 Å². The van der Waals surface area contributed by atoms with Crippen molar-refractivity contribution in [3.05, 3.63) is 29.8 Å². The maximum atomic E-state index is 12.1. The van der Waals surface area contributed by atoms with Crippen molar-refractivity contribution in [3.8, 4) is 5.75 Å². The van der Waals surface area contributed by atoms with E-state index in [1.807, 2.05) is 24.3 Å². The number of rotatable bonds is 3. The lowest BCUT2D eigenvalue weighted by atomic mass is 9.80.